The van der Waals surface area contributed by atoms with Crippen LogP contribution >= 0.6 is 0 Å². The summed E-state index contributed by atoms with van der Waals surface area (Å²) in [5.41, 5.74) is 0. The van der Waals surface area contributed by atoms with Crippen LogP contribution in [0.3, 0.4) is 0 Å². The molecule has 348 valence electrons. The van der Waals surface area contributed by atoms with E-state index in [1.54, 1.807) is 6.08 Å². The molecule has 59 heavy (non-hydrogen) atoms. The van der Waals surface area contributed by atoms with Crippen molar-refractivity contribution in [3.8, 4) is 0 Å². The second-order valence-corrected chi connectivity index (χ2v) is 17.9. The van der Waals surface area contributed by atoms with Gasteiger partial charge < -0.3 is 20.3 Å². The summed E-state index contributed by atoms with van der Waals surface area (Å²) in [5, 5.41) is 23.0. The first-order valence-electron chi connectivity index (χ1n) is 26.1. The van der Waals surface area contributed by atoms with Crippen LogP contribution in [0.4, 0.5) is 0 Å². The summed E-state index contributed by atoms with van der Waals surface area (Å²) in [6.45, 7) is 4.82. The number of hydrogen-bond donors (Lipinski definition) is 3. The van der Waals surface area contributed by atoms with Gasteiger partial charge in [0, 0.05) is 12.8 Å². The van der Waals surface area contributed by atoms with Gasteiger partial charge in [0.1, 0.15) is 0 Å². The molecule has 0 aromatic heterocycles. The van der Waals surface area contributed by atoms with Crippen molar-refractivity contribution in [1.29, 1.82) is 0 Å². The standard InChI is InChI=1S/C53H101NO5/c1-3-5-7-9-11-13-15-17-18-19-20-21-22-24-26-31-35-39-43-47-53(58)59-48-44-40-36-32-28-27-30-34-38-42-46-52(57)54-50(49-55)51(56)45-41-37-33-29-25-23-16-14-12-10-8-6-4-2/h28,32,41,45,50-51,55-56H,3-27,29-31,33-40,42-44,46-49H2,1-2H3,(H,54,57)/b32-28-,45-41+. The number of carbonyl (C=O) groups is 2. The zero-order valence-electron chi connectivity index (χ0n) is 39.5. The van der Waals surface area contributed by atoms with Crippen molar-refractivity contribution < 1.29 is 24.5 Å². The highest BCUT2D eigenvalue weighted by Gasteiger charge is 2.18. The van der Waals surface area contributed by atoms with Crippen LogP contribution in [-0.2, 0) is 14.3 Å². The lowest BCUT2D eigenvalue weighted by atomic mass is 10.0. The molecule has 0 bridgehead atoms. The van der Waals surface area contributed by atoms with E-state index in [1.807, 2.05) is 6.08 Å². The van der Waals surface area contributed by atoms with Crippen LogP contribution in [0.5, 0.6) is 0 Å². The third kappa shape index (κ3) is 45.7. The highest BCUT2D eigenvalue weighted by atomic mass is 16.5. The third-order valence-electron chi connectivity index (χ3n) is 12.0. The summed E-state index contributed by atoms with van der Waals surface area (Å²) in [6, 6.07) is -0.651. The Labute approximate surface area is 367 Å². The molecule has 0 aromatic rings. The summed E-state index contributed by atoms with van der Waals surface area (Å²) < 4.78 is 5.45. The molecule has 1 amide bonds. The minimum absolute atomic E-state index is 0.0341. The highest BCUT2D eigenvalue weighted by Crippen LogP contribution is 2.16. The normalized spacial score (nSPS) is 12.8. The number of amides is 1. The van der Waals surface area contributed by atoms with Gasteiger partial charge in [0.2, 0.25) is 5.91 Å². The number of aliphatic hydroxyl groups excluding tert-OH is 2. The second kappa shape index (κ2) is 49.0. The Bertz CT molecular complexity index is 920. The van der Waals surface area contributed by atoms with E-state index in [0.29, 0.717) is 19.4 Å². The van der Waals surface area contributed by atoms with Gasteiger partial charge in [-0.3, -0.25) is 9.59 Å². The maximum atomic E-state index is 12.4. The summed E-state index contributed by atoms with van der Waals surface area (Å²) >= 11 is 0. The summed E-state index contributed by atoms with van der Waals surface area (Å²) in [7, 11) is 0. The molecule has 0 aliphatic heterocycles. The molecule has 2 unspecified atom stereocenters. The molecule has 0 aromatic carbocycles. The van der Waals surface area contributed by atoms with Crippen molar-refractivity contribution in [3.05, 3.63) is 24.3 Å². The lowest BCUT2D eigenvalue weighted by Gasteiger charge is -2.20. The van der Waals surface area contributed by atoms with Crippen LogP contribution in [-0.4, -0.2) is 47.4 Å². The minimum atomic E-state index is -0.864. The maximum Gasteiger partial charge on any atom is 0.305 e. The van der Waals surface area contributed by atoms with Gasteiger partial charge in [-0.2, -0.15) is 0 Å². The molecular weight excluding hydrogens is 731 g/mol. The molecule has 0 aliphatic rings. The van der Waals surface area contributed by atoms with Crippen LogP contribution in [0, 0.1) is 0 Å². The van der Waals surface area contributed by atoms with Crippen LogP contribution in [0.25, 0.3) is 0 Å². The molecule has 6 heteroatoms. The number of carbonyl (C=O) groups excluding carboxylic acids is 2. The Morgan fingerprint density at radius 1 is 0.458 bits per heavy atom. The molecule has 0 rings (SSSR count). The Hall–Kier alpha value is -1.66. The van der Waals surface area contributed by atoms with Gasteiger partial charge in [-0.1, -0.05) is 231 Å². The predicted octanol–water partition coefficient (Wildman–Crippen LogP) is 15.5. The topological polar surface area (TPSA) is 95.9 Å². The van der Waals surface area contributed by atoms with Crippen molar-refractivity contribution in [2.75, 3.05) is 13.2 Å². The Morgan fingerprint density at radius 2 is 0.797 bits per heavy atom. The molecule has 0 aliphatic carbocycles. The monoisotopic (exact) mass is 832 g/mol. The quantitative estimate of drug-likeness (QED) is 0.0322. The van der Waals surface area contributed by atoms with Crippen LogP contribution in [0.1, 0.15) is 277 Å². The van der Waals surface area contributed by atoms with E-state index in [-0.39, 0.29) is 18.5 Å². The fourth-order valence-electron chi connectivity index (χ4n) is 7.92. The van der Waals surface area contributed by atoms with Crippen molar-refractivity contribution in [2.45, 2.75) is 289 Å². The number of ether oxygens (including phenoxy) is 1. The molecule has 0 spiro atoms. The molecule has 6 nitrogen and oxygen atoms in total. The van der Waals surface area contributed by atoms with Gasteiger partial charge in [0.15, 0.2) is 0 Å². The number of unbranched alkanes of at least 4 members (excludes halogenated alkanes) is 35. The van der Waals surface area contributed by atoms with Crippen molar-refractivity contribution in [2.24, 2.45) is 0 Å². The molecule has 0 fully saturated rings. The molecule has 0 radical (unpaired) electrons. The fourth-order valence-corrected chi connectivity index (χ4v) is 7.92. The van der Waals surface area contributed by atoms with E-state index >= 15 is 0 Å². The van der Waals surface area contributed by atoms with Gasteiger partial charge >= 0.3 is 5.97 Å². The molecule has 3 N–H and O–H groups in total. The van der Waals surface area contributed by atoms with Gasteiger partial charge in [-0.25, -0.2) is 0 Å². The number of allylic oxidation sites excluding steroid dienone is 3. The zero-order chi connectivity index (χ0) is 43.0. The largest absolute Gasteiger partial charge is 0.466 e. The van der Waals surface area contributed by atoms with Crippen LogP contribution < -0.4 is 5.32 Å². The lowest BCUT2D eigenvalue weighted by Crippen LogP contribution is -2.45. The molecule has 0 saturated heterocycles. The highest BCUT2D eigenvalue weighted by molar-refractivity contribution is 5.76. The molecular formula is C53H101NO5. The van der Waals surface area contributed by atoms with Gasteiger partial charge in [0.05, 0.1) is 25.4 Å². The molecule has 0 saturated carbocycles. The molecule has 2 atom stereocenters. The number of rotatable bonds is 48. The summed E-state index contributed by atoms with van der Waals surface area (Å²) in [5.74, 6) is -0.138. The SMILES string of the molecule is CCCCCCCCCCCCC/C=C/C(O)C(CO)NC(=O)CCCCCC/C=C\CCCCOC(=O)CCCCCCCCCCCCCCCCCCCCC. The Balaban J connectivity index is 3.51. The first-order valence-corrected chi connectivity index (χ1v) is 26.1. The lowest BCUT2D eigenvalue weighted by molar-refractivity contribution is -0.143. The Kier molecular flexibility index (Phi) is 47.6. The van der Waals surface area contributed by atoms with Crippen LogP contribution in [0.15, 0.2) is 24.3 Å². The van der Waals surface area contributed by atoms with Gasteiger partial charge in [0.25, 0.3) is 0 Å². The van der Waals surface area contributed by atoms with Gasteiger partial charge in [-0.15, -0.1) is 0 Å². The van der Waals surface area contributed by atoms with E-state index in [2.05, 4.69) is 31.3 Å². The van der Waals surface area contributed by atoms with E-state index in [9.17, 15) is 19.8 Å². The van der Waals surface area contributed by atoms with E-state index in [0.717, 1.165) is 77.0 Å². The molecule has 0 heterocycles. The number of hydrogen-bond acceptors (Lipinski definition) is 5. The summed E-state index contributed by atoms with van der Waals surface area (Å²) in [4.78, 5) is 24.5. The number of nitrogens with one attached hydrogen (secondary N) is 1. The maximum absolute atomic E-state index is 12.4. The number of aliphatic hydroxyl groups is 2. The predicted molar refractivity (Wildman–Crippen MR) is 255 cm³/mol. The smallest absolute Gasteiger partial charge is 0.305 e. The number of esters is 1. The fraction of sp³-hybridized carbons (Fsp3) is 0.887. The second-order valence-electron chi connectivity index (χ2n) is 17.9. The summed E-state index contributed by atoms with van der Waals surface area (Å²) in [6.07, 6.45) is 57.6. The van der Waals surface area contributed by atoms with Crippen molar-refractivity contribution in [3.63, 3.8) is 0 Å². The van der Waals surface area contributed by atoms with E-state index < -0.39 is 12.1 Å². The zero-order valence-corrected chi connectivity index (χ0v) is 39.5. The van der Waals surface area contributed by atoms with Crippen molar-refractivity contribution >= 4 is 11.9 Å². The van der Waals surface area contributed by atoms with Gasteiger partial charge in [-0.05, 0) is 57.8 Å². The first kappa shape index (κ1) is 57.3. The van der Waals surface area contributed by atoms with Crippen LogP contribution in [0.2, 0.25) is 0 Å². The average Bonchev–Trinajstić information content (AvgIpc) is 3.24. The Morgan fingerprint density at radius 3 is 1.20 bits per heavy atom. The van der Waals surface area contributed by atoms with E-state index in [4.69, 9.17) is 4.74 Å². The minimum Gasteiger partial charge on any atom is -0.466 e. The van der Waals surface area contributed by atoms with E-state index in [1.165, 1.54) is 173 Å². The van der Waals surface area contributed by atoms with Crippen molar-refractivity contribution in [1.82, 2.24) is 5.32 Å². The average molecular weight is 832 g/mol. The first-order chi connectivity index (χ1) is 29.0. The third-order valence-corrected chi connectivity index (χ3v) is 12.0.